The first-order chi connectivity index (χ1) is 17.5. The lowest BCUT2D eigenvalue weighted by atomic mass is 9.88. The van der Waals surface area contributed by atoms with Crippen molar-refractivity contribution in [2.24, 2.45) is 23.5 Å². The lowest BCUT2D eigenvalue weighted by molar-refractivity contribution is -0.122. The van der Waals surface area contributed by atoms with E-state index < -0.39 is 0 Å². The minimum atomic E-state index is -0.343. The maximum absolute atomic E-state index is 14.1. The van der Waals surface area contributed by atoms with E-state index in [9.17, 15) is 9.18 Å². The maximum Gasteiger partial charge on any atom is 0.229 e. The van der Waals surface area contributed by atoms with Gasteiger partial charge in [-0.1, -0.05) is 24.3 Å². The SMILES string of the molecule is NC(=O)[C@@H]1[C@H](Nc2nc(Nc3ccnc(N4CCCC4)c3)ncc2-c2cccc(F)c2)[C@H]2C=C[C@@H]1C2. The normalized spacial score (nSPS) is 24.3. The molecular formula is C27H28FN7O. The van der Waals surface area contributed by atoms with Crippen molar-refractivity contribution >= 4 is 29.2 Å². The molecule has 3 heterocycles. The van der Waals surface area contributed by atoms with Crippen molar-refractivity contribution in [3.05, 3.63) is 66.8 Å². The Bertz CT molecular complexity index is 1320. The fourth-order valence-electron chi connectivity index (χ4n) is 5.73. The molecule has 3 aromatic rings. The number of carbonyl (C=O) groups excluding carboxylic acids is 1. The van der Waals surface area contributed by atoms with Gasteiger partial charge in [0.15, 0.2) is 0 Å². The van der Waals surface area contributed by atoms with Gasteiger partial charge in [0.1, 0.15) is 17.5 Å². The van der Waals surface area contributed by atoms with Crippen LogP contribution in [-0.4, -0.2) is 40.0 Å². The van der Waals surface area contributed by atoms with Gasteiger partial charge in [0.2, 0.25) is 11.9 Å². The first-order valence-electron chi connectivity index (χ1n) is 12.4. The van der Waals surface area contributed by atoms with Gasteiger partial charge < -0.3 is 21.3 Å². The highest BCUT2D eigenvalue weighted by Gasteiger charge is 2.47. The third-order valence-corrected chi connectivity index (χ3v) is 7.45. The molecule has 9 heteroatoms. The molecule has 2 aliphatic carbocycles. The Morgan fingerprint density at radius 2 is 1.92 bits per heavy atom. The number of halogens is 1. The van der Waals surface area contributed by atoms with Gasteiger partial charge in [-0.25, -0.2) is 14.4 Å². The monoisotopic (exact) mass is 485 g/mol. The van der Waals surface area contributed by atoms with Gasteiger partial charge in [-0.2, -0.15) is 4.98 Å². The predicted molar refractivity (Wildman–Crippen MR) is 137 cm³/mol. The van der Waals surface area contributed by atoms with Crippen molar-refractivity contribution in [1.82, 2.24) is 15.0 Å². The smallest absolute Gasteiger partial charge is 0.229 e. The molecule has 3 aliphatic rings. The van der Waals surface area contributed by atoms with Gasteiger partial charge in [0.05, 0.1) is 5.92 Å². The summed E-state index contributed by atoms with van der Waals surface area (Å²) in [6.07, 6.45) is 10.9. The van der Waals surface area contributed by atoms with E-state index in [1.165, 1.54) is 25.0 Å². The molecule has 0 radical (unpaired) electrons. The number of nitrogens with one attached hydrogen (secondary N) is 2. The van der Waals surface area contributed by atoms with E-state index in [1.807, 2.05) is 18.2 Å². The number of amides is 1. The Morgan fingerprint density at radius 1 is 1.08 bits per heavy atom. The van der Waals surface area contributed by atoms with Crippen molar-refractivity contribution in [3.8, 4) is 11.1 Å². The second-order valence-corrected chi connectivity index (χ2v) is 9.73. The summed E-state index contributed by atoms with van der Waals surface area (Å²) in [5, 5.41) is 6.77. The van der Waals surface area contributed by atoms with Crippen LogP contribution in [0.15, 0.2) is 60.9 Å². The number of primary amides is 1. The second kappa shape index (κ2) is 9.22. The number of carbonyl (C=O) groups is 1. The second-order valence-electron chi connectivity index (χ2n) is 9.73. The largest absolute Gasteiger partial charge is 0.369 e. The first kappa shape index (κ1) is 22.5. The Kier molecular flexibility index (Phi) is 5.75. The Morgan fingerprint density at radius 3 is 2.72 bits per heavy atom. The molecule has 1 aromatic carbocycles. The molecule has 2 aromatic heterocycles. The van der Waals surface area contributed by atoms with Crippen LogP contribution in [0.4, 0.5) is 27.7 Å². The maximum atomic E-state index is 14.1. The van der Waals surface area contributed by atoms with E-state index in [1.54, 1.807) is 18.5 Å². The Labute approximate surface area is 208 Å². The molecule has 8 nitrogen and oxygen atoms in total. The van der Waals surface area contributed by atoms with E-state index in [0.717, 1.165) is 31.0 Å². The van der Waals surface area contributed by atoms with Crippen LogP contribution in [0.25, 0.3) is 11.1 Å². The number of fused-ring (bicyclic) bond motifs is 2. The molecule has 2 fully saturated rings. The Hall–Kier alpha value is -4.01. The average molecular weight is 486 g/mol. The van der Waals surface area contributed by atoms with E-state index in [4.69, 9.17) is 10.7 Å². The van der Waals surface area contributed by atoms with Crippen LogP contribution < -0.4 is 21.3 Å². The van der Waals surface area contributed by atoms with E-state index in [0.29, 0.717) is 22.9 Å². The number of nitrogens with zero attached hydrogens (tertiary/aromatic N) is 4. The van der Waals surface area contributed by atoms with Crippen molar-refractivity contribution in [2.45, 2.75) is 25.3 Å². The molecule has 1 amide bonds. The fraction of sp³-hybridized carbons (Fsp3) is 0.333. The number of nitrogens with two attached hydrogens (primary N) is 1. The van der Waals surface area contributed by atoms with E-state index in [2.05, 4.69) is 37.7 Å². The minimum Gasteiger partial charge on any atom is -0.369 e. The van der Waals surface area contributed by atoms with Gasteiger partial charge in [0, 0.05) is 48.8 Å². The van der Waals surface area contributed by atoms with E-state index in [-0.39, 0.29) is 35.5 Å². The molecular weight excluding hydrogens is 457 g/mol. The molecule has 4 N–H and O–H groups in total. The number of aromatic nitrogens is 3. The minimum absolute atomic E-state index is 0.128. The summed E-state index contributed by atoms with van der Waals surface area (Å²) in [7, 11) is 0. The number of allylic oxidation sites excluding steroid dienone is 1. The van der Waals surface area contributed by atoms with Crippen LogP contribution in [0.3, 0.4) is 0 Å². The van der Waals surface area contributed by atoms with Gasteiger partial charge in [-0.15, -0.1) is 0 Å². The van der Waals surface area contributed by atoms with Crippen molar-refractivity contribution in [3.63, 3.8) is 0 Å². The number of pyridine rings is 1. The topological polar surface area (TPSA) is 109 Å². The summed E-state index contributed by atoms with van der Waals surface area (Å²) < 4.78 is 14.1. The van der Waals surface area contributed by atoms with Gasteiger partial charge in [0.25, 0.3) is 0 Å². The van der Waals surface area contributed by atoms with Gasteiger partial charge in [-0.3, -0.25) is 4.79 Å². The standard InChI is InChI=1S/C27H28FN7O/c28-19-5-3-4-16(13-19)21-15-31-27(32-20-8-9-30-22(14-20)35-10-1-2-11-35)34-26(21)33-24-18-7-6-17(12-18)23(24)25(29)36/h3-9,13-15,17-18,23-24H,1-2,10-12H2,(H2,29,36)(H2,30,31,32,33,34)/t17-,18+,23+,24-/m1/s1. The summed E-state index contributed by atoms with van der Waals surface area (Å²) in [4.78, 5) is 28.3. The van der Waals surface area contributed by atoms with Crippen molar-refractivity contribution < 1.29 is 9.18 Å². The highest BCUT2D eigenvalue weighted by molar-refractivity contribution is 5.81. The van der Waals surface area contributed by atoms with Crippen LogP contribution in [0, 0.1) is 23.6 Å². The molecule has 1 saturated heterocycles. The van der Waals surface area contributed by atoms with Crippen molar-refractivity contribution in [2.75, 3.05) is 28.6 Å². The number of rotatable bonds is 7. The number of hydrogen-bond donors (Lipinski definition) is 3. The van der Waals surface area contributed by atoms with Crippen LogP contribution >= 0.6 is 0 Å². The summed E-state index contributed by atoms with van der Waals surface area (Å²) in [5.74, 6) is 1.17. The third kappa shape index (κ3) is 4.25. The molecule has 6 rings (SSSR count). The van der Waals surface area contributed by atoms with E-state index >= 15 is 0 Å². The lowest BCUT2D eigenvalue weighted by Gasteiger charge is -2.28. The summed E-state index contributed by atoms with van der Waals surface area (Å²) in [6, 6.07) is 10.0. The van der Waals surface area contributed by atoms with Crippen LogP contribution in [0.2, 0.25) is 0 Å². The van der Waals surface area contributed by atoms with Crippen LogP contribution in [0.1, 0.15) is 19.3 Å². The first-order valence-corrected chi connectivity index (χ1v) is 12.4. The number of anilines is 4. The summed E-state index contributed by atoms with van der Waals surface area (Å²) in [6.45, 7) is 2.00. The highest BCUT2D eigenvalue weighted by Crippen LogP contribution is 2.45. The molecule has 184 valence electrons. The number of hydrogen-bond acceptors (Lipinski definition) is 7. The van der Waals surface area contributed by atoms with Gasteiger partial charge >= 0.3 is 0 Å². The molecule has 0 spiro atoms. The Balaban J connectivity index is 1.33. The predicted octanol–water partition coefficient (Wildman–Crippen LogP) is 4.11. The highest BCUT2D eigenvalue weighted by atomic mass is 19.1. The number of benzene rings is 1. The molecule has 1 saturated carbocycles. The quantitative estimate of drug-likeness (QED) is 0.432. The van der Waals surface area contributed by atoms with Crippen molar-refractivity contribution in [1.29, 1.82) is 0 Å². The lowest BCUT2D eigenvalue weighted by Crippen LogP contribution is -2.41. The molecule has 1 aliphatic heterocycles. The van der Waals surface area contributed by atoms with Crippen LogP contribution in [0.5, 0.6) is 0 Å². The third-order valence-electron chi connectivity index (χ3n) is 7.45. The molecule has 36 heavy (non-hydrogen) atoms. The fourth-order valence-corrected chi connectivity index (χ4v) is 5.73. The summed E-state index contributed by atoms with van der Waals surface area (Å²) >= 11 is 0. The molecule has 4 atom stereocenters. The zero-order chi connectivity index (χ0) is 24.6. The molecule has 2 bridgehead atoms. The zero-order valence-electron chi connectivity index (χ0n) is 19.8. The zero-order valence-corrected chi connectivity index (χ0v) is 19.8. The average Bonchev–Trinajstić information content (AvgIpc) is 3.63. The van der Waals surface area contributed by atoms with Crippen LogP contribution in [-0.2, 0) is 4.79 Å². The van der Waals surface area contributed by atoms with Gasteiger partial charge in [-0.05, 0) is 54.9 Å². The molecule has 0 unspecified atom stereocenters. The summed E-state index contributed by atoms with van der Waals surface area (Å²) in [5.41, 5.74) is 7.91.